The number of rotatable bonds is 4. The first-order valence-electron chi connectivity index (χ1n) is 8.50. The molecule has 128 valence electrons. The minimum absolute atomic E-state index is 0.256. The van der Waals surface area contributed by atoms with E-state index >= 15 is 0 Å². The summed E-state index contributed by atoms with van der Waals surface area (Å²) in [6.45, 7) is 0. The van der Waals surface area contributed by atoms with Crippen LogP contribution in [-0.4, -0.2) is 21.2 Å². The van der Waals surface area contributed by atoms with E-state index in [0.717, 1.165) is 60.6 Å². The number of amides is 1. The van der Waals surface area contributed by atoms with Crippen molar-refractivity contribution in [2.75, 3.05) is 5.32 Å². The molecule has 8 heteroatoms. The zero-order valence-corrected chi connectivity index (χ0v) is 14.3. The second-order valence-corrected chi connectivity index (χ2v) is 7.41. The van der Waals surface area contributed by atoms with Crippen LogP contribution in [0.15, 0.2) is 20.5 Å². The number of anilines is 1. The molecule has 3 aromatic rings. The van der Waals surface area contributed by atoms with Gasteiger partial charge in [0.25, 0.3) is 11.8 Å². The van der Waals surface area contributed by atoms with Crippen LogP contribution in [0.25, 0.3) is 10.8 Å². The molecule has 0 aromatic carbocycles. The highest BCUT2D eigenvalue weighted by Crippen LogP contribution is 2.40. The fraction of sp³-hybridized carbons (Fsp3) is 0.412. The van der Waals surface area contributed by atoms with Crippen molar-refractivity contribution in [2.45, 2.75) is 44.4 Å². The summed E-state index contributed by atoms with van der Waals surface area (Å²) in [5.41, 5.74) is 1.99. The smallest absolute Gasteiger partial charge is 0.278 e. The van der Waals surface area contributed by atoms with Crippen LogP contribution in [-0.2, 0) is 12.8 Å². The fourth-order valence-corrected chi connectivity index (χ4v) is 3.92. The molecule has 0 bridgehead atoms. The number of carbonyl (C=O) groups excluding carboxylic acids is 1. The summed E-state index contributed by atoms with van der Waals surface area (Å²) < 4.78 is 10.7. The van der Waals surface area contributed by atoms with E-state index in [9.17, 15) is 4.79 Å². The Bertz CT molecular complexity index is 938. The number of aromatic nitrogens is 3. The second-order valence-electron chi connectivity index (χ2n) is 6.49. The minimum atomic E-state index is -0.256. The number of carbonyl (C=O) groups is 1. The molecule has 5 rings (SSSR count). The summed E-state index contributed by atoms with van der Waals surface area (Å²) >= 11 is 1.46. The number of hydrogen-bond acceptors (Lipinski definition) is 7. The van der Waals surface area contributed by atoms with Crippen molar-refractivity contribution in [3.8, 4) is 10.8 Å². The van der Waals surface area contributed by atoms with Crippen molar-refractivity contribution >= 4 is 22.9 Å². The Morgan fingerprint density at radius 2 is 2.08 bits per heavy atom. The molecular formula is C17H16N4O3S. The van der Waals surface area contributed by atoms with Crippen LogP contribution in [0.3, 0.4) is 0 Å². The van der Waals surface area contributed by atoms with Gasteiger partial charge in [-0.1, -0.05) is 10.3 Å². The molecule has 1 amide bonds. The number of aryl methyl sites for hydroxylation is 1. The van der Waals surface area contributed by atoms with Crippen LogP contribution < -0.4 is 5.32 Å². The molecule has 7 nitrogen and oxygen atoms in total. The van der Waals surface area contributed by atoms with E-state index in [2.05, 4.69) is 20.6 Å². The maximum atomic E-state index is 12.7. The average molecular weight is 356 g/mol. The van der Waals surface area contributed by atoms with Crippen LogP contribution in [0.4, 0.5) is 5.69 Å². The van der Waals surface area contributed by atoms with E-state index in [-0.39, 0.29) is 5.91 Å². The third kappa shape index (κ3) is 2.66. The topological polar surface area (TPSA) is 94.1 Å². The molecule has 0 unspecified atom stereocenters. The van der Waals surface area contributed by atoms with Gasteiger partial charge in [0, 0.05) is 17.9 Å². The predicted molar refractivity (Wildman–Crippen MR) is 90.7 cm³/mol. The van der Waals surface area contributed by atoms with Crippen molar-refractivity contribution < 1.29 is 13.8 Å². The number of nitrogens with zero attached hydrogens (tertiary/aromatic N) is 3. The fourth-order valence-electron chi connectivity index (χ4n) is 3.15. The van der Waals surface area contributed by atoms with Gasteiger partial charge in [0.1, 0.15) is 10.6 Å². The van der Waals surface area contributed by atoms with Gasteiger partial charge in [0.05, 0.1) is 5.69 Å². The zero-order valence-electron chi connectivity index (χ0n) is 13.4. The van der Waals surface area contributed by atoms with Crippen molar-refractivity contribution in [2.24, 2.45) is 0 Å². The first-order chi connectivity index (χ1) is 12.3. The highest BCUT2D eigenvalue weighted by Gasteiger charge is 2.30. The summed E-state index contributed by atoms with van der Waals surface area (Å²) in [6.07, 6.45) is 6.06. The van der Waals surface area contributed by atoms with Gasteiger partial charge in [0.15, 0.2) is 11.5 Å². The maximum absolute atomic E-state index is 12.7. The Labute approximate surface area is 147 Å². The Morgan fingerprint density at radius 3 is 2.96 bits per heavy atom. The monoisotopic (exact) mass is 356 g/mol. The number of nitrogens with one attached hydrogen (secondary N) is 1. The maximum Gasteiger partial charge on any atom is 0.278 e. The number of thiophene rings is 1. The van der Waals surface area contributed by atoms with Gasteiger partial charge in [-0.05, 0) is 43.6 Å². The highest BCUT2D eigenvalue weighted by atomic mass is 32.1. The standard InChI is InChI=1S/C17H16N4O3S/c22-16(13-10-3-1-2-4-12(10)23-20-13)18-11-7-8-25-14(11)17-19-15(21-24-17)9-5-6-9/h7-9H,1-6H2,(H,18,22). The van der Waals surface area contributed by atoms with E-state index in [4.69, 9.17) is 9.05 Å². The molecule has 0 atom stereocenters. The summed E-state index contributed by atoms with van der Waals surface area (Å²) in [4.78, 5) is 17.9. The van der Waals surface area contributed by atoms with Gasteiger partial charge in [-0.25, -0.2) is 0 Å². The lowest BCUT2D eigenvalue weighted by Gasteiger charge is -2.09. The molecule has 3 aromatic heterocycles. The van der Waals surface area contributed by atoms with E-state index < -0.39 is 0 Å². The van der Waals surface area contributed by atoms with E-state index in [1.165, 1.54) is 11.3 Å². The van der Waals surface area contributed by atoms with Crippen LogP contribution in [0.2, 0.25) is 0 Å². The summed E-state index contributed by atoms with van der Waals surface area (Å²) in [5.74, 6) is 2.22. The van der Waals surface area contributed by atoms with Crippen molar-refractivity contribution in [1.29, 1.82) is 0 Å². The molecule has 1 fully saturated rings. The van der Waals surface area contributed by atoms with Gasteiger partial charge >= 0.3 is 0 Å². The molecule has 3 heterocycles. The molecule has 1 N–H and O–H groups in total. The lowest BCUT2D eigenvalue weighted by molar-refractivity contribution is 0.101. The van der Waals surface area contributed by atoms with E-state index in [1.54, 1.807) is 0 Å². The molecular weight excluding hydrogens is 340 g/mol. The molecule has 25 heavy (non-hydrogen) atoms. The Kier molecular flexibility index (Phi) is 3.44. The summed E-state index contributed by atoms with van der Waals surface area (Å²) in [6, 6.07) is 1.84. The Morgan fingerprint density at radius 1 is 1.20 bits per heavy atom. The van der Waals surface area contributed by atoms with Gasteiger partial charge < -0.3 is 14.4 Å². The Balaban J connectivity index is 1.40. The van der Waals surface area contributed by atoms with Crippen molar-refractivity contribution in [3.63, 3.8) is 0 Å². The molecule has 2 aliphatic rings. The Hall–Kier alpha value is -2.48. The van der Waals surface area contributed by atoms with E-state index in [0.29, 0.717) is 23.2 Å². The van der Waals surface area contributed by atoms with Crippen molar-refractivity contribution in [3.05, 3.63) is 34.3 Å². The largest absolute Gasteiger partial charge is 0.360 e. The summed E-state index contributed by atoms with van der Waals surface area (Å²) in [5, 5.41) is 12.8. The van der Waals surface area contributed by atoms with Crippen LogP contribution >= 0.6 is 11.3 Å². The molecule has 0 saturated heterocycles. The van der Waals surface area contributed by atoms with Gasteiger partial charge in [-0.3, -0.25) is 4.79 Å². The first kappa shape index (κ1) is 14.8. The predicted octanol–water partition coefficient (Wildman–Crippen LogP) is 3.79. The normalized spacial score (nSPS) is 16.6. The molecule has 1 saturated carbocycles. The molecule has 0 aliphatic heterocycles. The molecule has 0 radical (unpaired) electrons. The van der Waals surface area contributed by atoms with Crippen molar-refractivity contribution in [1.82, 2.24) is 15.3 Å². The minimum Gasteiger partial charge on any atom is -0.360 e. The third-order valence-corrected chi connectivity index (χ3v) is 5.56. The van der Waals surface area contributed by atoms with Gasteiger partial charge in [-0.2, -0.15) is 4.98 Å². The zero-order chi connectivity index (χ0) is 16.8. The SMILES string of the molecule is O=C(Nc1ccsc1-c1nc(C2CC2)no1)c1noc2c1CCCC2. The number of fused-ring (bicyclic) bond motifs is 1. The first-order valence-corrected chi connectivity index (χ1v) is 9.38. The van der Waals surface area contributed by atoms with Gasteiger partial charge in [0.2, 0.25) is 0 Å². The molecule has 0 spiro atoms. The lowest BCUT2D eigenvalue weighted by Crippen LogP contribution is -2.15. The average Bonchev–Trinajstić information content (AvgIpc) is 3.03. The quantitative estimate of drug-likeness (QED) is 0.764. The van der Waals surface area contributed by atoms with E-state index in [1.807, 2.05) is 11.4 Å². The van der Waals surface area contributed by atoms with Crippen LogP contribution in [0.5, 0.6) is 0 Å². The van der Waals surface area contributed by atoms with Crippen LogP contribution in [0.1, 0.15) is 59.2 Å². The lowest BCUT2D eigenvalue weighted by atomic mass is 9.96. The third-order valence-electron chi connectivity index (χ3n) is 4.66. The summed E-state index contributed by atoms with van der Waals surface area (Å²) in [7, 11) is 0. The van der Waals surface area contributed by atoms with Gasteiger partial charge in [-0.15, -0.1) is 11.3 Å². The highest BCUT2D eigenvalue weighted by molar-refractivity contribution is 7.14. The number of hydrogen-bond donors (Lipinski definition) is 1. The second kappa shape index (κ2) is 5.80. The molecule has 2 aliphatic carbocycles. The van der Waals surface area contributed by atoms with Crippen LogP contribution in [0, 0.1) is 0 Å².